The van der Waals surface area contributed by atoms with Crippen LogP contribution in [0.2, 0.25) is 0 Å². The fourth-order valence-electron chi connectivity index (χ4n) is 5.53. The maximum absolute atomic E-state index is 13.6. The lowest BCUT2D eigenvalue weighted by atomic mass is 9.90. The van der Waals surface area contributed by atoms with Gasteiger partial charge in [-0.05, 0) is 24.1 Å². The minimum absolute atomic E-state index is 0.0919. The van der Waals surface area contributed by atoms with E-state index >= 15 is 0 Å². The van der Waals surface area contributed by atoms with E-state index in [0.717, 1.165) is 44.2 Å². The van der Waals surface area contributed by atoms with Gasteiger partial charge in [-0.25, -0.2) is 0 Å². The van der Waals surface area contributed by atoms with Crippen LogP contribution in [-0.4, -0.2) is 43.2 Å². The molecule has 1 aliphatic rings. The number of hydrogen-bond acceptors (Lipinski definition) is 5. The maximum Gasteiger partial charge on any atom is 0.237 e. The summed E-state index contributed by atoms with van der Waals surface area (Å²) in [6.07, 6.45) is 2.60. The van der Waals surface area contributed by atoms with Crippen LogP contribution in [0, 0.1) is 0 Å². The van der Waals surface area contributed by atoms with Gasteiger partial charge in [0, 0.05) is 51.4 Å². The van der Waals surface area contributed by atoms with Gasteiger partial charge in [-0.3, -0.25) is 10.1 Å². The van der Waals surface area contributed by atoms with Gasteiger partial charge < -0.3 is 29.5 Å². The van der Waals surface area contributed by atoms with Gasteiger partial charge >= 0.3 is 0 Å². The summed E-state index contributed by atoms with van der Waals surface area (Å²) in [6.45, 7) is 0.256. The van der Waals surface area contributed by atoms with E-state index in [2.05, 4.69) is 44.9 Å². The van der Waals surface area contributed by atoms with Crippen LogP contribution in [0.4, 0.5) is 0 Å². The zero-order valence-electron chi connectivity index (χ0n) is 21.6. The van der Waals surface area contributed by atoms with Crippen LogP contribution in [0.25, 0.3) is 21.8 Å². The lowest BCUT2D eigenvalue weighted by molar-refractivity contribution is -0.123. The molecule has 3 heterocycles. The van der Waals surface area contributed by atoms with Crippen molar-refractivity contribution in [2.45, 2.75) is 25.0 Å². The summed E-state index contributed by atoms with van der Waals surface area (Å²) in [5.41, 5.74) is 6.24. The summed E-state index contributed by atoms with van der Waals surface area (Å²) in [5.74, 6) is 1.71. The van der Waals surface area contributed by atoms with Gasteiger partial charge in [0.1, 0.15) is 17.2 Å². The van der Waals surface area contributed by atoms with Gasteiger partial charge in [-0.15, -0.1) is 0 Å². The Hall–Kier alpha value is -4.43. The number of hydrogen-bond donors (Lipinski definition) is 4. The van der Waals surface area contributed by atoms with E-state index in [1.54, 1.807) is 33.5 Å². The van der Waals surface area contributed by atoms with E-state index in [0.29, 0.717) is 23.7 Å². The molecule has 194 valence electrons. The molecule has 0 spiro atoms. The molecule has 8 heteroatoms. The Morgan fingerprint density at radius 2 is 1.61 bits per heavy atom. The van der Waals surface area contributed by atoms with Crippen molar-refractivity contribution < 1.29 is 19.0 Å². The van der Waals surface area contributed by atoms with Gasteiger partial charge in [-0.2, -0.15) is 0 Å². The zero-order chi connectivity index (χ0) is 26.2. The lowest BCUT2D eigenvalue weighted by Gasteiger charge is -2.31. The second-order valence-corrected chi connectivity index (χ2v) is 9.44. The third-order valence-electron chi connectivity index (χ3n) is 7.42. The molecule has 38 heavy (non-hydrogen) atoms. The molecule has 0 fully saturated rings. The third kappa shape index (κ3) is 4.03. The number of H-pyrrole nitrogens is 2. The van der Waals surface area contributed by atoms with Crippen molar-refractivity contribution in [1.82, 2.24) is 20.6 Å². The Labute approximate surface area is 220 Å². The first-order valence-corrected chi connectivity index (χ1v) is 12.6. The molecular formula is C30H30N4O4. The molecule has 0 radical (unpaired) electrons. The third-order valence-corrected chi connectivity index (χ3v) is 7.42. The normalized spacial score (nSPS) is 16.8. The predicted octanol–water partition coefficient (Wildman–Crippen LogP) is 4.60. The van der Waals surface area contributed by atoms with E-state index in [-0.39, 0.29) is 18.5 Å². The van der Waals surface area contributed by atoms with Gasteiger partial charge in [0.05, 0.1) is 45.5 Å². The molecule has 1 amide bonds. The molecule has 2 aromatic heterocycles. The highest BCUT2D eigenvalue weighted by Gasteiger charge is 2.35. The Kier molecular flexibility index (Phi) is 6.17. The largest absolute Gasteiger partial charge is 0.496 e. The standard InChI is InChI=1S/C30H30N4O4/c1-36-17-12-26(37-2)22(27(13-17)38-3)16-32-30(35)25-14-20-18-8-5-7-11-24(18)33-28(20)29(34-25)21-15-31-23-10-6-4-9-19(21)23/h4-13,15,25,29,31,33-34H,14,16H2,1-3H3,(H,32,35)/t25-,29-/m1/s1. The maximum atomic E-state index is 13.6. The summed E-state index contributed by atoms with van der Waals surface area (Å²) < 4.78 is 16.5. The summed E-state index contributed by atoms with van der Waals surface area (Å²) in [7, 11) is 4.77. The molecule has 8 nitrogen and oxygen atoms in total. The van der Waals surface area contributed by atoms with Crippen molar-refractivity contribution >= 4 is 27.7 Å². The van der Waals surface area contributed by atoms with Crippen LogP contribution < -0.4 is 24.8 Å². The van der Waals surface area contributed by atoms with Crippen molar-refractivity contribution in [2.24, 2.45) is 0 Å². The van der Waals surface area contributed by atoms with Crippen LogP contribution in [0.5, 0.6) is 17.2 Å². The molecule has 0 saturated heterocycles. The van der Waals surface area contributed by atoms with Crippen molar-refractivity contribution in [1.29, 1.82) is 0 Å². The number of ether oxygens (including phenoxy) is 3. The second kappa shape index (κ2) is 9.79. The Morgan fingerprint density at radius 1 is 0.921 bits per heavy atom. The van der Waals surface area contributed by atoms with Gasteiger partial charge in [0.2, 0.25) is 5.91 Å². The SMILES string of the molecule is COc1cc(OC)c(CNC(=O)[C@H]2Cc3c([nH]c4ccccc34)[C@@H](c3c[nH]c4ccccc34)N2)c(OC)c1. The highest BCUT2D eigenvalue weighted by Crippen LogP contribution is 2.38. The van der Waals surface area contributed by atoms with Gasteiger partial charge in [0.25, 0.3) is 0 Å². The molecule has 5 aromatic rings. The summed E-state index contributed by atoms with van der Waals surface area (Å²) in [4.78, 5) is 20.6. The Bertz CT molecular complexity index is 1610. The van der Waals surface area contributed by atoms with E-state index in [1.807, 2.05) is 30.5 Å². The highest BCUT2D eigenvalue weighted by atomic mass is 16.5. The highest BCUT2D eigenvalue weighted by molar-refractivity contribution is 5.90. The molecule has 0 aliphatic carbocycles. The molecule has 2 atom stereocenters. The number of benzene rings is 3. The molecule has 1 aliphatic heterocycles. The fourth-order valence-corrected chi connectivity index (χ4v) is 5.53. The van der Waals surface area contributed by atoms with Crippen molar-refractivity contribution in [2.75, 3.05) is 21.3 Å². The van der Waals surface area contributed by atoms with E-state index in [4.69, 9.17) is 14.2 Å². The van der Waals surface area contributed by atoms with Crippen molar-refractivity contribution in [3.05, 3.63) is 89.2 Å². The van der Waals surface area contributed by atoms with Crippen LogP contribution >= 0.6 is 0 Å². The number of amides is 1. The van der Waals surface area contributed by atoms with Crippen LogP contribution in [0.15, 0.2) is 66.9 Å². The molecule has 6 rings (SSSR count). The number of aromatic amines is 2. The first kappa shape index (κ1) is 23.9. The minimum Gasteiger partial charge on any atom is -0.496 e. The first-order chi connectivity index (χ1) is 18.6. The van der Waals surface area contributed by atoms with Gasteiger partial charge in [-0.1, -0.05) is 36.4 Å². The lowest BCUT2D eigenvalue weighted by Crippen LogP contribution is -2.49. The molecule has 0 bridgehead atoms. The summed E-state index contributed by atoms with van der Waals surface area (Å²) in [6, 6.07) is 19.4. The number of methoxy groups -OCH3 is 3. The summed E-state index contributed by atoms with van der Waals surface area (Å²) >= 11 is 0. The fraction of sp³-hybridized carbons (Fsp3) is 0.233. The molecule has 4 N–H and O–H groups in total. The first-order valence-electron chi connectivity index (χ1n) is 12.6. The number of rotatable bonds is 7. The Morgan fingerprint density at radius 3 is 2.32 bits per heavy atom. The van der Waals surface area contributed by atoms with Crippen LogP contribution in [0.3, 0.4) is 0 Å². The number of fused-ring (bicyclic) bond motifs is 4. The molecule has 0 unspecified atom stereocenters. The quantitative estimate of drug-likeness (QED) is 0.257. The number of carbonyl (C=O) groups excluding carboxylic acids is 1. The molecule has 0 saturated carbocycles. The molecule has 3 aromatic carbocycles. The number of nitrogens with one attached hydrogen (secondary N) is 4. The van der Waals surface area contributed by atoms with Gasteiger partial charge in [0.15, 0.2) is 0 Å². The van der Waals surface area contributed by atoms with E-state index in [1.165, 1.54) is 0 Å². The minimum atomic E-state index is -0.435. The van der Waals surface area contributed by atoms with Crippen LogP contribution in [0.1, 0.15) is 28.4 Å². The monoisotopic (exact) mass is 510 g/mol. The Balaban J connectivity index is 1.34. The van der Waals surface area contributed by atoms with E-state index < -0.39 is 6.04 Å². The second-order valence-electron chi connectivity index (χ2n) is 9.44. The number of aromatic nitrogens is 2. The average Bonchev–Trinajstić information content (AvgIpc) is 3.56. The summed E-state index contributed by atoms with van der Waals surface area (Å²) in [5, 5.41) is 9.01. The zero-order valence-corrected chi connectivity index (χ0v) is 21.6. The topological polar surface area (TPSA) is 100 Å². The predicted molar refractivity (Wildman–Crippen MR) is 147 cm³/mol. The molecular weight excluding hydrogens is 480 g/mol. The number of para-hydroxylation sites is 2. The van der Waals surface area contributed by atoms with Crippen molar-refractivity contribution in [3.63, 3.8) is 0 Å². The van der Waals surface area contributed by atoms with E-state index in [9.17, 15) is 4.79 Å². The van der Waals surface area contributed by atoms with Crippen molar-refractivity contribution in [3.8, 4) is 17.2 Å². The smallest absolute Gasteiger partial charge is 0.237 e. The number of carbonyl (C=O) groups is 1. The average molecular weight is 511 g/mol. The van der Waals surface area contributed by atoms with Crippen LogP contribution in [-0.2, 0) is 17.8 Å².